The molecule has 0 aliphatic rings. The molecule has 6 nitrogen and oxygen atoms in total. The highest BCUT2D eigenvalue weighted by Crippen LogP contribution is 2.28. The largest absolute Gasteiger partial charge is 0.495 e. The van der Waals surface area contributed by atoms with Gasteiger partial charge in [0.05, 0.1) is 24.3 Å². The van der Waals surface area contributed by atoms with Gasteiger partial charge in [0.15, 0.2) is 5.16 Å². The van der Waals surface area contributed by atoms with Gasteiger partial charge in [-0.05, 0) is 37.3 Å². The molecule has 1 aromatic heterocycles. The summed E-state index contributed by atoms with van der Waals surface area (Å²) in [5, 5.41) is 12.6. The van der Waals surface area contributed by atoms with Crippen molar-refractivity contribution in [3.63, 3.8) is 0 Å². The van der Waals surface area contributed by atoms with Crippen LogP contribution in [0.5, 0.6) is 5.75 Å². The number of allylic oxidation sites excluding steroid dienone is 1. The van der Waals surface area contributed by atoms with Crippen LogP contribution >= 0.6 is 35.1 Å². The highest BCUT2D eigenvalue weighted by atomic mass is 35.5. The predicted octanol–water partition coefficient (Wildman–Crippen LogP) is 5.46. The Labute approximate surface area is 195 Å². The quantitative estimate of drug-likeness (QED) is 0.311. The third-order valence-electron chi connectivity index (χ3n) is 4.26. The molecule has 0 radical (unpaired) electrons. The lowest BCUT2D eigenvalue weighted by Crippen LogP contribution is -2.15. The fraction of sp³-hybridized carbons (Fsp3) is 0.227. The second-order valence-electron chi connectivity index (χ2n) is 6.58. The topological polar surface area (TPSA) is 69.0 Å². The fourth-order valence-corrected chi connectivity index (χ4v) is 4.50. The van der Waals surface area contributed by atoms with E-state index in [0.717, 1.165) is 5.82 Å². The minimum absolute atomic E-state index is 0.177. The number of amides is 1. The van der Waals surface area contributed by atoms with Gasteiger partial charge in [0.2, 0.25) is 5.91 Å². The number of hydrogen-bond acceptors (Lipinski definition) is 6. The molecule has 0 saturated heterocycles. The van der Waals surface area contributed by atoms with Crippen molar-refractivity contribution in [3.05, 3.63) is 71.5 Å². The smallest absolute Gasteiger partial charge is 0.234 e. The lowest BCUT2D eigenvalue weighted by atomic mass is 10.2. The fourth-order valence-electron chi connectivity index (χ4n) is 2.72. The van der Waals surface area contributed by atoms with Crippen molar-refractivity contribution < 1.29 is 9.53 Å². The highest BCUT2D eigenvalue weighted by Gasteiger charge is 2.15. The molecule has 0 fully saturated rings. The van der Waals surface area contributed by atoms with Crippen molar-refractivity contribution >= 4 is 46.7 Å². The van der Waals surface area contributed by atoms with Gasteiger partial charge in [-0.15, -0.1) is 28.5 Å². The van der Waals surface area contributed by atoms with Crippen LogP contribution in [0.15, 0.2) is 65.2 Å². The molecule has 0 bridgehead atoms. The molecule has 3 rings (SSSR count). The molecule has 1 heterocycles. The number of rotatable bonds is 10. The SMILES string of the molecule is C=CCn1c(CSc2ccc(C)cc2)nnc1SCC(=O)Nc1cc(Cl)ccc1OC. The molecular formula is C22H23ClN4O2S2. The summed E-state index contributed by atoms with van der Waals surface area (Å²) in [5.41, 5.74) is 1.76. The van der Waals surface area contributed by atoms with Crippen molar-refractivity contribution in [2.45, 2.75) is 29.3 Å². The van der Waals surface area contributed by atoms with Crippen LogP contribution in [0.25, 0.3) is 0 Å². The van der Waals surface area contributed by atoms with Crippen molar-refractivity contribution in [1.29, 1.82) is 0 Å². The third-order valence-corrected chi connectivity index (χ3v) is 6.47. The lowest BCUT2D eigenvalue weighted by molar-refractivity contribution is -0.113. The molecule has 9 heteroatoms. The van der Waals surface area contributed by atoms with Crippen LogP contribution in [0.2, 0.25) is 5.02 Å². The molecular weight excluding hydrogens is 452 g/mol. The molecule has 0 aliphatic carbocycles. The molecule has 31 heavy (non-hydrogen) atoms. The van der Waals surface area contributed by atoms with Gasteiger partial charge in [-0.2, -0.15) is 0 Å². The Bertz CT molecular complexity index is 1050. The zero-order valence-electron chi connectivity index (χ0n) is 17.3. The van der Waals surface area contributed by atoms with Crippen LogP contribution in [-0.4, -0.2) is 33.5 Å². The van der Waals surface area contributed by atoms with Gasteiger partial charge in [-0.1, -0.05) is 47.1 Å². The van der Waals surface area contributed by atoms with E-state index in [1.54, 1.807) is 43.1 Å². The highest BCUT2D eigenvalue weighted by molar-refractivity contribution is 7.99. The zero-order valence-corrected chi connectivity index (χ0v) is 19.7. The first-order valence-electron chi connectivity index (χ1n) is 9.48. The number of benzene rings is 2. The van der Waals surface area contributed by atoms with E-state index in [0.29, 0.717) is 33.9 Å². The minimum atomic E-state index is -0.186. The molecule has 0 atom stereocenters. The molecule has 0 spiro atoms. The summed E-state index contributed by atoms with van der Waals surface area (Å²) >= 11 is 9.04. The average molecular weight is 475 g/mol. The van der Waals surface area contributed by atoms with E-state index >= 15 is 0 Å². The molecule has 1 amide bonds. The van der Waals surface area contributed by atoms with E-state index in [9.17, 15) is 4.79 Å². The molecule has 162 valence electrons. The van der Waals surface area contributed by atoms with E-state index in [2.05, 4.69) is 53.3 Å². The second-order valence-corrected chi connectivity index (χ2v) is 9.01. The number of methoxy groups -OCH3 is 1. The Morgan fingerprint density at radius 3 is 2.71 bits per heavy atom. The maximum Gasteiger partial charge on any atom is 0.234 e. The van der Waals surface area contributed by atoms with E-state index in [-0.39, 0.29) is 11.7 Å². The third kappa shape index (κ3) is 6.53. The van der Waals surface area contributed by atoms with Crippen molar-refractivity contribution in [3.8, 4) is 5.75 Å². The maximum absolute atomic E-state index is 12.5. The van der Waals surface area contributed by atoms with Crippen LogP contribution in [-0.2, 0) is 17.1 Å². The number of aryl methyl sites for hydroxylation is 1. The van der Waals surface area contributed by atoms with E-state index < -0.39 is 0 Å². The number of carbonyl (C=O) groups is 1. The summed E-state index contributed by atoms with van der Waals surface area (Å²) in [6.07, 6.45) is 1.80. The number of ether oxygens (including phenoxy) is 1. The minimum Gasteiger partial charge on any atom is -0.495 e. The van der Waals surface area contributed by atoms with Crippen LogP contribution in [0.1, 0.15) is 11.4 Å². The second kappa shape index (κ2) is 11.3. The molecule has 2 aromatic carbocycles. The number of halogens is 1. The molecule has 3 aromatic rings. The van der Waals surface area contributed by atoms with Gasteiger partial charge in [0.25, 0.3) is 0 Å². The number of aromatic nitrogens is 3. The van der Waals surface area contributed by atoms with Crippen molar-refractivity contribution in [2.24, 2.45) is 0 Å². The summed E-state index contributed by atoms with van der Waals surface area (Å²) in [4.78, 5) is 13.6. The zero-order chi connectivity index (χ0) is 22.2. The van der Waals surface area contributed by atoms with E-state index in [1.165, 1.54) is 22.2 Å². The van der Waals surface area contributed by atoms with E-state index in [1.807, 2.05) is 4.57 Å². The first-order chi connectivity index (χ1) is 15.0. The van der Waals surface area contributed by atoms with Crippen LogP contribution in [0.3, 0.4) is 0 Å². The summed E-state index contributed by atoms with van der Waals surface area (Å²) in [7, 11) is 1.54. The van der Waals surface area contributed by atoms with Gasteiger partial charge >= 0.3 is 0 Å². The molecule has 0 unspecified atom stereocenters. The van der Waals surface area contributed by atoms with Crippen molar-refractivity contribution in [2.75, 3.05) is 18.2 Å². The summed E-state index contributed by atoms with van der Waals surface area (Å²) in [5.74, 6) is 2.05. The van der Waals surface area contributed by atoms with Gasteiger partial charge < -0.3 is 14.6 Å². The molecule has 1 N–H and O–H groups in total. The normalized spacial score (nSPS) is 10.7. The first kappa shape index (κ1) is 23.2. The van der Waals surface area contributed by atoms with E-state index in [4.69, 9.17) is 16.3 Å². The van der Waals surface area contributed by atoms with Crippen LogP contribution in [0, 0.1) is 6.92 Å². The summed E-state index contributed by atoms with van der Waals surface area (Å²) in [6.45, 7) is 6.47. The Hall–Kier alpha value is -2.42. The average Bonchev–Trinajstić information content (AvgIpc) is 3.14. The Kier molecular flexibility index (Phi) is 8.45. The Balaban J connectivity index is 1.63. The Morgan fingerprint density at radius 1 is 1.23 bits per heavy atom. The van der Waals surface area contributed by atoms with Gasteiger partial charge in [0, 0.05) is 16.5 Å². The Morgan fingerprint density at radius 2 is 2.00 bits per heavy atom. The summed E-state index contributed by atoms with van der Waals surface area (Å²) in [6, 6.07) is 13.4. The van der Waals surface area contributed by atoms with Crippen LogP contribution < -0.4 is 10.1 Å². The number of hydrogen-bond donors (Lipinski definition) is 1. The van der Waals surface area contributed by atoms with Gasteiger partial charge in [0.1, 0.15) is 11.6 Å². The van der Waals surface area contributed by atoms with Crippen molar-refractivity contribution in [1.82, 2.24) is 14.8 Å². The maximum atomic E-state index is 12.5. The number of anilines is 1. The standard InChI is InChI=1S/C22H23ClN4O2S2/c1-4-11-27-20(13-30-17-8-5-15(2)6-9-17)25-26-22(27)31-14-21(28)24-18-12-16(23)7-10-19(18)29-3/h4-10,12H,1,11,13-14H2,2-3H3,(H,24,28). The number of nitrogens with zero attached hydrogens (tertiary/aromatic N) is 3. The predicted molar refractivity (Wildman–Crippen MR) is 128 cm³/mol. The monoisotopic (exact) mass is 474 g/mol. The van der Waals surface area contributed by atoms with Crippen LogP contribution in [0.4, 0.5) is 5.69 Å². The number of carbonyl (C=O) groups excluding carboxylic acids is 1. The van der Waals surface area contributed by atoms with Gasteiger partial charge in [-0.3, -0.25) is 4.79 Å². The lowest BCUT2D eigenvalue weighted by Gasteiger charge is -2.11. The number of thioether (sulfide) groups is 2. The summed E-state index contributed by atoms with van der Waals surface area (Å²) < 4.78 is 7.25. The molecule has 0 aliphatic heterocycles. The molecule has 0 saturated carbocycles. The number of nitrogens with one attached hydrogen (secondary N) is 1. The first-order valence-corrected chi connectivity index (χ1v) is 11.8. The van der Waals surface area contributed by atoms with Gasteiger partial charge in [-0.25, -0.2) is 0 Å².